The first kappa shape index (κ1) is 15.3. The Hall–Kier alpha value is -2.64. The molecule has 0 atom stereocenters. The van der Waals surface area contributed by atoms with E-state index in [4.69, 9.17) is 0 Å². The molecular weight excluding hydrogens is 278 g/mol. The van der Waals surface area contributed by atoms with Crippen LogP contribution in [0.5, 0.6) is 0 Å². The zero-order valence-electron chi connectivity index (χ0n) is 13.2. The van der Waals surface area contributed by atoms with Gasteiger partial charge in [0.15, 0.2) is 0 Å². The smallest absolute Gasteiger partial charge is 0.0950 e. The van der Waals surface area contributed by atoms with Crippen LogP contribution < -0.4 is 5.32 Å². The van der Waals surface area contributed by atoms with E-state index in [2.05, 4.69) is 103 Å². The van der Waals surface area contributed by atoms with E-state index in [1.54, 1.807) is 0 Å². The van der Waals surface area contributed by atoms with Crippen molar-refractivity contribution in [1.29, 1.82) is 0 Å². The number of hydrogen-bond donors (Lipinski definition) is 1. The summed E-state index contributed by atoms with van der Waals surface area (Å²) in [5.74, 6) is 0. The number of rotatable bonds is 6. The molecular formula is C22H21N. The molecule has 1 nitrogen and oxygen atoms in total. The fraction of sp³-hybridized carbons (Fsp3) is 0.0909. The number of hydrogen-bond acceptors (Lipinski definition) is 1. The highest BCUT2D eigenvalue weighted by atomic mass is 15.0. The third kappa shape index (κ3) is 2.96. The summed E-state index contributed by atoms with van der Waals surface area (Å²) >= 11 is 0. The molecule has 0 saturated carbocycles. The second-order valence-electron chi connectivity index (χ2n) is 5.52. The predicted molar refractivity (Wildman–Crippen MR) is 97.4 cm³/mol. The molecule has 0 saturated heterocycles. The van der Waals surface area contributed by atoms with Gasteiger partial charge in [0.25, 0.3) is 0 Å². The van der Waals surface area contributed by atoms with Crippen LogP contribution in [0, 0.1) is 0 Å². The van der Waals surface area contributed by atoms with E-state index in [-0.39, 0.29) is 0 Å². The van der Waals surface area contributed by atoms with Gasteiger partial charge >= 0.3 is 0 Å². The standard InChI is InChI=1S/C22H21N/c1-2-18-23-22(19-12-6-3-7-13-19,20-14-8-4-9-15-20)21-16-10-5-11-17-21/h2-17,23H,1,18H2. The predicted octanol–water partition coefficient (Wildman–Crippen LogP) is 4.75. The summed E-state index contributed by atoms with van der Waals surface area (Å²) in [4.78, 5) is 0. The van der Waals surface area contributed by atoms with Gasteiger partial charge in [-0.15, -0.1) is 6.58 Å². The average Bonchev–Trinajstić information content (AvgIpc) is 2.65. The zero-order chi connectivity index (χ0) is 16.0. The van der Waals surface area contributed by atoms with Gasteiger partial charge in [-0.3, -0.25) is 5.32 Å². The molecule has 3 aromatic carbocycles. The topological polar surface area (TPSA) is 12.0 Å². The van der Waals surface area contributed by atoms with Crippen LogP contribution in [0.15, 0.2) is 104 Å². The number of benzene rings is 3. The van der Waals surface area contributed by atoms with Crippen LogP contribution in [0.25, 0.3) is 0 Å². The molecule has 0 fully saturated rings. The van der Waals surface area contributed by atoms with Crippen molar-refractivity contribution >= 4 is 0 Å². The first-order chi connectivity index (χ1) is 11.4. The van der Waals surface area contributed by atoms with Gasteiger partial charge in [-0.1, -0.05) is 97.1 Å². The molecule has 0 aromatic heterocycles. The average molecular weight is 299 g/mol. The maximum atomic E-state index is 3.88. The SMILES string of the molecule is C=CCNC(c1ccccc1)(c1ccccc1)c1ccccc1. The summed E-state index contributed by atoms with van der Waals surface area (Å²) in [6.07, 6.45) is 1.91. The molecule has 23 heavy (non-hydrogen) atoms. The molecule has 114 valence electrons. The van der Waals surface area contributed by atoms with E-state index in [1.807, 2.05) is 6.08 Å². The van der Waals surface area contributed by atoms with Gasteiger partial charge in [0.2, 0.25) is 0 Å². The van der Waals surface area contributed by atoms with Gasteiger partial charge in [0.05, 0.1) is 5.54 Å². The monoisotopic (exact) mass is 299 g/mol. The van der Waals surface area contributed by atoms with Crippen molar-refractivity contribution in [2.75, 3.05) is 6.54 Å². The van der Waals surface area contributed by atoms with Crippen LogP contribution in [0.1, 0.15) is 16.7 Å². The Morgan fingerprint density at radius 1 is 0.652 bits per heavy atom. The molecule has 0 unspecified atom stereocenters. The molecule has 0 bridgehead atoms. The fourth-order valence-electron chi connectivity index (χ4n) is 3.10. The molecule has 0 spiro atoms. The van der Waals surface area contributed by atoms with Crippen LogP contribution in [-0.4, -0.2) is 6.54 Å². The summed E-state index contributed by atoms with van der Waals surface area (Å²) < 4.78 is 0. The van der Waals surface area contributed by atoms with Crippen LogP contribution in [-0.2, 0) is 5.54 Å². The van der Waals surface area contributed by atoms with E-state index in [0.717, 1.165) is 6.54 Å². The molecule has 3 rings (SSSR count). The highest BCUT2D eigenvalue weighted by Crippen LogP contribution is 2.36. The van der Waals surface area contributed by atoms with Crippen molar-refractivity contribution in [3.05, 3.63) is 120 Å². The Morgan fingerprint density at radius 3 is 1.30 bits per heavy atom. The molecule has 3 aromatic rings. The summed E-state index contributed by atoms with van der Waals surface area (Å²) in [5, 5.41) is 3.71. The summed E-state index contributed by atoms with van der Waals surface area (Å²) in [6, 6.07) is 31.8. The van der Waals surface area contributed by atoms with Gasteiger partial charge < -0.3 is 0 Å². The van der Waals surface area contributed by atoms with Crippen molar-refractivity contribution in [3.8, 4) is 0 Å². The first-order valence-electron chi connectivity index (χ1n) is 7.90. The molecule has 0 amide bonds. The van der Waals surface area contributed by atoms with Crippen LogP contribution in [0.2, 0.25) is 0 Å². The lowest BCUT2D eigenvalue weighted by molar-refractivity contribution is 0.501. The van der Waals surface area contributed by atoms with Crippen LogP contribution in [0.3, 0.4) is 0 Å². The van der Waals surface area contributed by atoms with Crippen LogP contribution >= 0.6 is 0 Å². The van der Waals surface area contributed by atoms with Gasteiger partial charge in [-0.2, -0.15) is 0 Å². The van der Waals surface area contributed by atoms with Gasteiger partial charge in [0, 0.05) is 6.54 Å². The van der Waals surface area contributed by atoms with E-state index in [0.29, 0.717) is 0 Å². The second-order valence-corrected chi connectivity index (χ2v) is 5.52. The quantitative estimate of drug-likeness (QED) is 0.511. The van der Waals surface area contributed by atoms with E-state index >= 15 is 0 Å². The highest BCUT2D eigenvalue weighted by molar-refractivity contribution is 5.49. The van der Waals surface area contributed by atoms with E-state index in [1.165, 1.54) is 16.7 Å². The lowest BCUT2D eigenvalue weighted by Crippen LogP contribution is -2.44. The molecule has 0 radical (unpaired) electrons. The summed E-state index contributed by atoms with van der Waals surface area (Å²) in [7, 11) is 0. The summed E-state index contributed by atoms with van der Waals surface area (Å²) in [6.45, 7) is 4.60. The third-order valence-electron chi connectivity index (χ3n) is 4.13. The van der Waals surface area contributed by atoms with Crippen molar-refractivity contribution in [2.24, 2.45) is 0 Å². The van der Waals surface area contributed by atoms with Gasteiger partial charge in [0.1, 0.15) is 0 Å². The zero-order valence-corrected chi connectivity index (χ0v) is 13.2. The minimum absolute atomic E-state index is 0.391. The minimum Gasteiger partial charge on any atom is -0.296 e. The second kappa shape index (κ2) is 7.08. The maximum Gasteiger partial charge on any atom is 0.0950 e. The highest BCUT2D eigenvalue weighted by Gasteiger charge is 2.35. The lowest BCUT2D eigenvalue weighted by atomic mass is 9.77. The Labute approximate surface area is 138 Å². The number of nitrogens with one attached hydrogen (secondary N) is 1. The van der Waals surface area contributed by atoms with Crippen LogP contribution in [0.4, 0.5) is 0 Å². The van der Waals surface area contributed by atoms with Gasteiger partial charge in [-0.05, 0) is 16.7 Å². The van der Waals surface area contributed by atoms with Crippen molar-refractivity contribution in [1.82, 2.24) is 5.32 Å². The minimum atomic E-state index is -0.391. The molecule has 0 aliphatic heterocycles. The summed E-state index contributed by atoms with van der Waals surface area (Å²) in [5.41, 5.74) is 3.27. The largest absolute Gasteiger partial charge is 0.296 e. The first-order valence-corrected chi connectivity index (χ1v) is 7.90. The van der Waals surface area contributed by atoms with Gasteiger partial charge in [-0.25, -0.2) is 0 Å². The Balaban J connectivity index is 2.27. The van der Waals surface area contributed by atoms with E-state index in [9.17, 15) is 0 Å². The fourth-order valence-corrected chi connectivity index (χ4v) is 3.10. The molecule has 1 heteroatoms. The Bertz CT molecular complexity index is 636. The molecule has 1 N–H and O–H groups in total. The Morgan fingerprint density at radius 2 is 1.00 bits per heavy atom. The Kier molecular flexibility index (Phi) is 4.70. The van der Waals surface area contributed by atoms with Crippen molar-refractivity contribution in [3.63, 3.8) is 0 Å². The molecule has 0 aliphatic carbocycles. The normalized spacial score (nSPS) is 11.1. The van der Waals surface area contributed by atoms with E-state index < -0.39 is 5.54 Å². The molecule has 0 aliphatic rings. The van der Waals surface area contributed by atoms with Crippen molar-refractivity contribution in [2.45, 2.75) is 5.54 Å². The third-order valence-corrected chi connectivity index (χ3v) is 4.13. The van der Waals surface area contributed by atoms with Crippen molar-refractivity contribution < 1.29 is 0 Å². The molecule has 0 heterocycles. The maximum absolute atomic E-state index is 3.88. The lowest BCUT2D eigenvalue weighted by Gasteiger charge is -2.36.